The Hall–Kier alpha value is -1.31. The van der Waals surface area contributed by atoms with Crippen LogP contribution in [0.15, 0.2) is 30.3 Å². The van der Waals surface area contributed by atoms with Crippen LogP contribution in [0.4, 0.5) is 0 Å². The molecule has 1 aromatic carbocycles. The first-order chi connectivity index (χ1) is 6.21. The van der Waals surface area contributed by atoms with Crippen LogP contribution in [0.5, 0.6) is 0 Å². The Bertz CT molecular complexity index is 318. The van der Waals surface area contributed by atoms with Crippen molar-refractivity contribution in [2.75, 3.05) is 6.61 Å². The first-order valence-corrected chi connectivity index (χ1v) is 4.42. The molecule has 13 heavy (non-hydrogen) atoms. The number of rotatable bonds is 1. The van der Waals surface area contributed by atoms with Gasteiger partial charge in [-0.15, -0.1) is 0 Å². The summed E-state index contributed by atoms with van der Waals surface area (Å²) in [6.07, 6.45) is 0.497. The number of benzene rings is 1. The molecule has 0 radical (unpaired) electrons. The molecule has 0 aromatic heterocycles. The molecular formula is C11H12O2. The minimum atomic E-state index is -0.113. The molecule has 1 aliphatic rings. The summed E-state index contributed by atoms with van der Waals surface area (Å²) < 4.78 is 4.98. The van der Waals surface area contributed by atoms with Crippen LogP contribution in [0.25, 0.3) is 0 Å². The average Bonchev–Trinajstić information content (AvgIpc) is 2.49. The number of esters is 1. The monoisotopic (exact) mass is 176 g/mol. The summed E-state index contributed by atoms with van der Waals surface area (Å²) in [5, 5.41) is 0. The second kappa shape index (κ2) is 2.87. The lowest BCUT2D eigenvalue weighted by atomic mass is 9.82. The van der Waals surface area contributed by atoms with Gasteiger partial charge < -0.3 is 4.74 Å². The third-order valence-electron chi connectivity index (χ3n) is 2.56. The van der Waals surface area contributed by atoms with E-state index in [2.05, 4.69) is 6.92 Å². The van der Waals surface area contributed by atoms with Gasteiger partial charge in [-0.2, -0.15) is 0 Å². The SMILES string of the molecule is C[C@]1(c2ccccc2)COC(=O)C1. The van der Waals surface area contributed by atoms with Crippen LogP contribution in [0, 0.1) is 0 Å². The molecule has 0 N–H and O–H groups in total. The zero-order chi connectivity index (χ0) is 9.31. The molecule has 0 aliphatic carbocycles. The number of cyclic esters (lactones) is 1. The second-order valence-corrected chi connectivity index (χ2v) is 3.76. The Labute approximate surface area is 77.5 Å². The summed E-state index contributed by atoms with van der Waals surface area (Å²) in [6, 6.07) is 10.0. The molecule has 1 aromatic rings. The Kier molecular flexibility index (Phi) is 1.83. The lowest BCUT2D eigenvalue weighted by Crippen LogP contribution is -2.21. The average molecular weight is 176 g/mol. The van der Waals surface area contributed by atoms with Crippen molar-refractivity contribution in [2.45, 2.75) is 18.8 Å². The number of ether oxygens (including phenoxy) is 1. The van der Waals surface area contributed by atoms with Crippen LogP contribution in [0.2, 0.25) is 0 Å². The molecular weight excluding hydrogens is 164 g/mol. The normalized spacial score (nSPS) is 27.3. The Morgan fingerprint density at radius 3 is 2.54 bits per heavy atom. The molecule has 1 fully saturated rings. The predicted octanol–water partition coefficient (Wildman–Crippen LogP) is 1.89. The van der Waals surface area contributed by atoms with Crippen molar-refractivity contribution in [2.24, 2.45) is 0 Å². The minimum Gasteiger partial charge on any atom is -0.465 e. The van der Waals surface area contributed by atoms with Crippen molar-refractivity contribution < 1.29 is 9.53 Å². The minimum absolute atomic E-state index is 0.0913. The van der Waals surface area contributed by atoms with Crippen LogP contribution in [-0.4, -0.2) is 12.6 Å². The van der Waals surface area contributed by atoms with E-state index in [1.165, 1.54) is 5.56 Å². The van der Waals surface area contributed by atoms with Crippen molar-refractivity contribution >= 4 is 5.97 Å². The smallest absolute Gasteiger partial charge is 0.306 e. The van der Waals surface area contributed by atoms with Crippen molar-refractivity contribution in [3.8, 4) is 0 Å². The topological polar surface area (TPSA) is 26.3 Å². The molecule has 2 heteroatoms. The lowest BCUT2D eigenvalue weighted by Gasteiger charge is -2.19. The Morgan fingerprint density at radius 2 is 2.00 bits per heavy atom. The lowest BCUT2D eigenvalue weighted by molar-refractivity contribution is -0.137. The number of carbonyl (C=O) groups excluding carboxylic acids is 1. The summed E-state index contributed by atoms with van der Waals surface area (Å²) in [6.45, 7) is 2.57. The van der Waals surface area contributed by atoms with Crippen LogP contribution in [0.1, 0.15) is 18.9 Å². The van der Waals surface area contributed by atoms with Gasteiger partial charge >= 0.3 is 5.97 Å². The van der Waals surface area contributed by atoms with Gasteiger partial charge in [0.05, 0.1) is 6.42 Å². The molecule has 1 heterocycles. The fourth-order valence-electron chi connectivity index (χ4n) is 1.69. The van der Waals surface area contributed by atoms with Gasteiger partial charge in [-0.25, -0.2) is 0 Å². The molecule has 0 spiro atoms. The number of hydrogen-bond acceptors (Lipinski definition) is 2. The van der Waals surface area contributed by atoms with Gasteiger partial charge in [0, 0.05) is 5.41 Å². The summed E-state index contributed by atoms with van der Waals surface area (Å²) in [5.41, 5.74) is 1.07. The van der Waals surface area contributed by atoms with Gasteiger partial charge in [-0.05, 0) is 5.56 Å². The van der Waals surface area contributed by atoms with E-state index < -0.39 is 0 Å². The molecule has 1 saturated heterocycles. The highest BCUT2D eigenvalue weighted by Gasteiger charge is 2.37. The van der Waals surface area contributed by atoms with Gasteiger partial charge in [0.2, 0.25) is 0 Å². The summed E-state index contributed by atoms with van der Waals surface area (Å²) in [5.74, 6) is -0.0913. The van der Waals surface area contributed by atoms with Crippen LogP contribution in [0.3, 0.4) is 0 Å². The maximum Gasteiger partial charge on any atom is 0.306 e. The zero-order valence-corrected chi connectivity index (χ0v) is 7.62. The van der Waals surface area contributed by atoms with Crippen molar-refractivity contribution in [1.29, 1.82) is 0 Å². The quantitative estimate of drug-likeness (QED) is 0.611. The summed E-state index contributed by atoms with van der Waals surface area (Å²) in [7, 11) is 0. The Morgan fingerprint density at radius 1 is 1.31 bits per heavy atom. The first-order valence-electron chi connectivity index (χ1n) is 4.42. The van der Waals surface area contributed by atoms with Crippen molar-refractivity contribution in [3.63, 3.8) is 0 Å². The van der Waals surface area contributed by atoms with Crippen molar-refractivity contribution in [3.05, 3.63) is 35.9 Å². The van der Waals surface area contributed by atoms with Crippen LogP contribution < -0.4 is 0 Å². The van der Waals surface area contributed by atoms with E-state index in [4.69, 9.17) is 4.74 Å². The fraction of sp³-hybridized carbons (Fsp3) is 0.364. The van der Waals surface area contributed by atoms with Crippen molar-refractivity contribution in [1.82, 2.24) is 0 Å². The maximum absolute atomic E-state index is 11.0. The first kappa shape index (κ1) is 8.30. The molecule has 1 aliphatic heterocycles. The summed E-state index contributed by atoms with van der Waals surface area (Å²) in [4.78, 5) is 11.0. The third-order valence-corrected chi connectivity index (χ3v) is 2.56. The van der Waals surface area contributed by atoms with Gasteiger partial charge in [0.15, 0.2) is 0 Å². The molecule has 0 unspecified atom stereocenters. The van der Waals surface area contributed by atoms with Gasteiger partial charge in [0.1, 0.15) is 6.61 Å². The highest BCUT2D eigenvalue weighted by Crippen LogP contribution is 2.32. The third kappa shape index (κ3) is 1.44. The van der Waals surface area contributed by atoms with E-state index in [0.29, 0.717) is 13.0 Å². The largest absolute Gasteiger partial charge is 0.465 e. The highest BCUT2D eigenvalue weighted by atomic mass is 16.5. The zero-order valence-electron chi connectivity index (χ0n) is 7.62. The molecule has 1 atom stereocenters. The van der Waals surface area contributed by atoms with E-state index in [1.807, 2.05) is 30.3 Å². The fourth-order valence-corrected chi connectivity index (χ4v) is 1.69. The van der Waals surface area contributed by atoms with E-state index in [-0.39, 0.29) is 11.4 Å². The van der Waals surface area contributed by atoms with E-state index in [0.717, 1.165) is 0 Å². The molecule has 0 saturated carbocycles. The van der Waals surface area contributed by atoms with Gasteiger partial charge in [-0.1, -0.05) is 37.3 Å². The summed E-state index contributed by atoms with van der Waals surface area (Å²) >= 11 is 0. The molecule has 0 amide bonds. The number of carbonyl (C=O) groups is 1. The van der Waals surface area contributed by atoms with E-state index >= 15 is 0 Å². The van der Waals surface area contributed by atoms with Crippen LogP contribution in [-0.2, 0) is 14.9 Å². The van der Waals surface area contributed by atoms with Gasteiger partial charge in [0.25, 0.3) is 0 Å². The van der Waals surface area contributed by atoms with Gasteiger partial charge in [-0.3, -0.25) is 4.79 Å². The van der Waals surface area contributed by atoms with Crippen LogP contribution >= 0.6 is 0 Å². The van der Waals surface area contributed by atoms with E-state index in [9.17, 15) is 4.79 Å². The molecule has 0 bridgehead atoms. The molecule has 2 nitrogen and oxygen atoms in total. The standard InChI is InChI=1S/C11H12O2/c1-11(7-10(12)13-8-11)9-5-3-2-4-6-9/h2-6H,7-8H2,1H3/t11-/m1/s1. The van der Waals surface area contributed by atoms with E-state index in [1.54, 1.807) is 0 Å². The predicted molar refractivity (Wildman–Crippen MR) is 49.4 cm³/mol. The maximum atomic E-state index is 11.0. The Balaban J connectivity index is 2.31. The number of hydrogen-bond donors (Lipinski definition) is 0. The molecule has 2 rings (SSSR count). The highest BCUT2D eigenvalue weighted by molar-refractivity contribution is 5.74. The molecule has 68 valence electrons. The second-order valence-electron chi connectivity index (χ2n) is 3.76.